The quantitative estimate of drug-likeness (QED) is 0.711. The van der Waals surface area contributed by atoms with Gasteiger partial charge in [-0.1, -0.05) is 35.5 Å². The van der Waals surface area contributed by atoms with Gasteiger partial charge in [0.25, 0.3) is 5.89 Å². The van der Waals surface area contributed by atoms with Gasteiger partial charge in [0.1, 0.15) is 5.82 Å². The lowest BCUT2D eigenvalue weighted by Crippen LogP contribution is -2.28. The fourth-order valence-electron chi connectivity index (χ4n) is 3.26. The summed E-state index contributed by atoms with van der Waals surface area (Å²) in [7, 11) is 0. The van der Waals surface area contributed by atoms with Gasteiger partial charge in [-0.2, -0.15) is 4.98 Å². The minimum atomic E-state index is 0.0878. The van der Waals surface area contributed by atoms with Crippen molar-refractivity contribution >= 4 is 11.7 Å². The molecule has 1 amide bonds. The summed E-state index contributed by atoms with van der Waals surface area (Å²) in [6, 6.07) is 14.3. The maximum atomic E-state index is 11.5. The number of hydrogen-bond acceptors (Lipinski definition) is 6. The molecule has 1 aromatic carbocycles. The zero-order valence-corrected chi connectivity index (χ0v) is 15.7. The fourth-order valence-corrected chi connectivity index (χ4v) is 3.26. The zero-order valence-electron chi connectivity index (χ0n) is 15.7. The third-order valence-electron chi connectivity index (χ3n) is 4.81. The molecule has 1 N–H and O–H groups in total. The zero-order chi connectivity index (χ0) is 19.2. The molecule has 1 aliphatic heterocycles. The number of nitrogens with zero attached hydrogens (tertiary/aromatic N) is 4. The van der Waals surface area contributed by atoms with Crippen LogP contribution in [-0.4, -0.2) is 40.7 Å². The number of carbonyl (C=O) groups is 1. The van der Waals surface area contributed by atoms with Crippen molar-refractivity contribution < 1.29 is 9.32 Å². The molecule has 28 heavy (non-hydrogen) atoms. The van der Waals surface area contributed by atoms with Gasteiger partial charge in [0.2, 0.25) is 5.91 Å². The number of rotatable bonds is 6. The second-order valence-corrected chi connectivity index (χ2v) is 6.85. The summed E-state index contributed by atoms with van der Waals surface area (Å²) < 4.78 is 5.40. The van der Waals surface area contributed by atoms with E-state index in [0.717, 1.165) is 37.2 Å². The molecule has 1 aliphatic rings. The van der Waals surface area contributed by atoms with Crippen LogP contribution in [0.5, 0.6) is 0 Å². The van der Waals surface area contributed by atoms with Crippen molar-refractivity contribution in [3.8, 4) is 11.5 Å². The van der Waals surface area contributed by atoms with E-state index >= 15 is 0 Å². The first-order valence-corrected chi connectivity index (χ1v) is 9.62. The van der Waals surface area contributed by atoms with Crippen LogP contribution in [0.15, 0.2) is 53.2 Å². The number of carbonyl (C=O) groups excluding carboxylic acids is 1. The lowest BCUT2D eigenvalue weighted by molar-refractivity contribution is -0.120. The average Bonchev–Trinajstić information content (AvgIpc) is 3.10. The summed E-state index contributed by atoms with van der Waals surface area (Å²) in [5.41, 5.74) is 2.12. The first-order valence-electron chi connectivity index (χ1n) is 9.62. The standard InChI is InChI=1S/C21H23N5O2/c27-20-11-13-26(14-12-22-20)19-10-9-17(15-23-19)21-24-18(25-28-21)8-4-7-16-5-2-1-3-6-16/h1-3,5-6,9-10,15H,4,7-8,11-14H2,(H,22,27). The largest absolute Gasteiger partial charge is 0.354 e. The summed E-state index contributed by atoms with van der Waals surface area (Å²) in [6.45, 7) is 2.06. The molecule has 4 rings (SSSR count). The van der Waals surface area contributed by atoms with Gasteiger partial charge < -0.3 is 14.7 Å². The summed E-state index contributed by atoms with van der Waals surface area (Å²) in [6.07, 6.45) is 4.98. The van der Waals surface area contributed by atoms with E-state index in [1.54, 1.807) is 6.20 Å². The van der Waals surface area contributed by atoms with Crippen LogP contribution in [0, 0.1) is 0 Å². The Morgan fingerprint density at radius 3 is 2.79 bits per heavy atom. The molecule has 0 unspecified atom stereocenters. The van der Waals surface area contributed by atoms with Gasteiger partial charge in [-0.15, -0.1) is 0 Å². The van der Waals surface area contributed by atoms with Crippen LogP contribution in [0.3, 0.4) is 0 Å². The molecule has 2 aromatic heterocycles. The van der Waals surface area contributed by atoms with E-state index in [-0.39, 0.29) is 5.91 Å². The van der Waals surface area contributed by atoms with E-state index in [9.17, 15) is 4.79 Å². The average molecular weight is 377 g/mol. The highest BCUT2D eigenvalue weighted by Crippen LogP contribution is 2.20. The molecule has 1 saturated heterocycles. The van der Waals surface area contributed by atoms with E-state index in [1.807, 2.05) is 18.2 Å². The Hall–Kier alpha value is -3.22. The van der Waals surface area contributed by atoms with E-state index in [1.165, 1.54) is 5.56 Å². The Bertz CT molecular complexity index is 908. The van der Waals surface area contributed by atoms with Crippen LogP contribution in [0.1, 0.15) is 24.2 Å². The molecule has 7 heteroatoms. The molecule has 0 aliphatic carbocycles. The highest BCUT2D eigenvalue weighted by Gasteiger charge is 2.15. The summed E-state index contributed by atoms with van der Waals surface area (Å²) in [4.78, 5) is 22.6. The number of nitrogens with one attached hydrogen (secondary N) is 1. The Morgan fingerprint density at radius 1 is 1.07 bits per heavy atom. The summed E-state index contributed by atoms with van der Waals surface area (Å²) in [5, 5.41) is 6.96. The molecule has 0 atom stereocenters. The van der Waals surface area contributed by atoms with Crippen molar-refractivity contribution in [2.24, 2.45) is 0 Å². The number of aromatic nitrogens is 3. The predicted molar refractivity (Wildman–Crippen MR) is 106 cm³/mol. The molecule has 3 aromatic rings. The van der Waals surface area contributed by atoms with E-state index in [2.05, 4.69) is 49.6 Å². The molecule has 0 bridgehead atoms. The molecule has 3 heterocycles. The van der Waals surface area contributed by atoms with Gasteiger partial charge in [0, 0.05) is 38.7 Å². The van der Waals surface area contributed by atoms with E-state index < -0.39 is 0 Å². The third kappa shape index (κ3) is 4.54. The van der Waals surface area contributed by atoms with Crippen molar-refractivity contribution in [1.82, 2.24) is 20.4 Å². The number of pyridine rings is 1. The molecule has 144 valence electrons. The van der Waals surface area contributed by atoms with Gasteiger partial charge in [-0.05, 0) is 30.5 Å². The number of anilines is 1. The minimum absolute atomic E-state index is 0.0878. The maximum absolute atomic E-state index is 11.5. The van der Waals surface area contributed by atoms with Crippen molar-refractivity contribution in [2.45, 2.75) is 25.7 Å². The van der Waals surface area contributed by atoms with Crippen LogP contribution in [0.2, 0.25) is 0 Å². The summed E-state index contributed by atoms with van der Waals surface area (Å²) in [5.74, 6) is 2.14. The van der Waals surface area contributed by atoms with Gasteiger partial charge in [-0.3, -0.25) is 4.79 Å². The second-order valence-electron chi connectivity index (χ2n) is 6.85. The SMILES string of the molecule is O=C1CCN(c2ccc(-c3nc(CCCc4ccccc4)no3)cn2)CCN1. The highest BCUT2D eigenvalue weighted by atomic mass is 16.5. The smallest absolute Gasteiger partial charge is 0.259 e. The van der Waals surface area contributed by atoms with Crippen LogP contribution < -0.4 is 10.2 Å². The lowest BCUT2D eigenvalue weighted by Gasteiger charge is -2.20. The Labute approximate surface area is 163 Å². The van der Waals surface area contributed by atoms with Crippen LogP contribution in [0.25, 0.3) is 11.5 Å². The van der Waals surface area contributed by atoms with Crippen molar-refractivity contribution in [3.05, 3.63) is 60.0 Å². The van der Waals surface area contributed by atoms with Crippen molar-refractivity contribution in [1.29, 1.82) is 0 Å². The predicted octanol–water partition coefficient (Wildman–Crippen LogP) is 2.63. The van der Waals surface area contributed by atoms with Crippen LogP contribution in [-0.2, 0) is 17.6 Å². The molecule has 0 saturated carbocycles. The molecular formula is C21H23N5O2. The number of aryl methyl sites for hydroxylation is 2. The molecule has 1 fully saturated rings. The van der Waals surface area contributed by atoms with Gasteiger partial charge in [0.05, 0.1) is 5.56 Å². The molecule has 0 spiro atoms. The van der Waals surface area contributed by atoms with Crippen molar-refractivity contribution in [3.63, 3.8) is 0 Å². The summed E-state index contributed by atoms with van der Waals surface area (Å²) >= 11 is 0. The van der Waals surface area contributed by atoms with Crippen LogP contribution >= 0.6 is 0 Å². The van der Waals surface area contributed by atoms with Crippen LogP contribution in [0.4, 0.5) is 5.82 Å². The Kier molecular flexibility index (Phi) is 5.61. The monoisotopic (exact) mass is 377 g/mol. The maximum Gasteiger partial charge on any atom is 0.259 e. The van der Waals surface area contributed by atoms with Gasteiger partial charge in [-0.25, -0.2) is 4.98 Å². The fraction of sp³-hybridized carbons (Fsp3) is 0.333. The second kappa shape index (κ2) is 8.65. The van der Waals surface area contributed by atoms with E-state index in [4.69, 9.17) is 4.52 Å². The minimum Gasteiger partial charge on any atom is -0.354 e. The topological polar surface area (TPSA) is 84.2 Å². The van der Waals surface area contributed by atoms with Crippen molar-refractivity contribution in [2.75, 3.05) is 24.5 Å². The highest BCUT2D eigenvalue weighted by molar-refractivity contribution is 5.77. The molecular weight excluding hydrogens is 354 g/mol. The Balaban J connectivity index is 1.35. The molecule has 0 radical (unpaired) electrons. The van der Waals surface area contributed by atoms with Gasteiger partial charge >= 0.3 is 0 Å². The lowest BCUT2D eigenvalue weighted by atomic mass is 10.1. The van der Waals surface area contributed by atoms with E-state index in [0.29, 0.717) is 31.2 Å². The van der Waals surface area contributed by atoms with Gasteiger partial charge in [0.15, 0.2) is 5.82 Å². The normalized spacial score (nSPS) is 14.6. The number of amides is 1. The number of hydrogen-bond donors (Lipinski definition) is 1. The first-order chi connectivity index (χ1) is 13.8. The first kappa shape index (κ1) is 18.2. The number of benzene rings is 1. The Morgan fingerprint density at radius 2 is 1.96 bits per heavy atom. The third-order valence-corrected chi connectivity index (χ3v) is 4.81. The molecule has 7 nitrogen and oxygen atoms in total.